The minimum absolute atomic E-state index is 0.239. The predicted octanol–water partition coefficient (Wildman–Crippen LogP) is 1.46. The Morgan fingerprint density at radius 3 is 2.91 bits per heavy atom. The van der Waals surface area contributed by atoms with Gasteiger partial charge in [0.25, 0.3) is 5.91 Å². The first-order chi connectivity index (χ1) is 11.2. The first-order valence-corrected chi connectivity index (χ1v) is 7.69. The third-order valence-electron chi connectivity index (χ3n) is 3.23. The van der Waals surface area contributed by atoms with Crippen LogP contribution in [0.4, 0.5) is 0 Å². The lowest BCUT2D eigenvalue weighted by Crippen LogP contribution is -2.44. The number of fused-ring (bicyclic) bond motifs is 1. The molecule has 8 heteroatoms. The number of nitrogens with zero attached hydrogens (tertiary/aromatic N) is 3. The zero-order chi connectivity index (χ0) is 16.2. The monoisotopic (exact) mass is 330 g/mol. The first-order valence-electron chi connectivity index (χ1n) is 6.87. The van der Waals surface area contributed by atoms with E-state index in [4.69, 9.17) is 4.74 Å². The van der Waals surface area contributed by atoms with Crippen molar-refractivity contribution in [3.8, 4) is 0 Å². The Balaban J connectivity index is 1.78. The summed E-state index contributed by atoms with van der Waals surface area (Å²) in [5.74, 6) is -0.921. The van der Waals surface area contributed by atoms with E-state index in [0.29, 0.717) is 5.01 Å². The lowest BCUT2D eigenvalue weighted by molar-refractivity contribution is -0.143. The van der Waals surface area contributed by atoms with E-state index in [1.165, 1.54) is 18.4 Å². The quantitative estimate of drug-likeness (QED) is 0.716. The van der Waals surface area contributed by atoms with Gasteiger partial charge in [0, 0.05) is 12.4 Å². The van der Waals surface area contributed by atoms with Crippen LogP contribution in [-0.2, 0) is 16.1 Å². The van der Waals surface area contributed by atoms with Crippen molar-refractivity contribution in [2.75, 3.05) is 7.11 Å². The average Bonchev–Trinajstić information content (AvgIpc) is 3.22. The summed E-state index contributed by atoms with van der Waals surface area (Å²) < 4.78 is 7.37. The fraction of sp³-hybridized carbons (Fsp3) is 0.200. The highest BCUT2D eigenvalue weighted by Gasteiger charge is 2.24. The van der Waals surface area contributed by atoms with Gasteiger partial charge in [-0.05, 0) is 12.1 Å². The number of thiazole rings is 1. The van der Waals surface area contributed by atoms with Gasteiger partial charge in [-0.25, -0.2) is 14.8 Å². The summed E-state index contributed by atoms with van der Waals surface area (Å²) in [6, 6.07) is 6.67. The number of nitrogens with one attached hydrogen (secondary N) is 1. The Morgan fingerprint density at radius 2 is 2.22 bits per heavy atom. The lowest BCUT2D eigenvalue weighted by Gasteiger charge is -2.16. The van der Waals surface area contributed by atoms with Crippen LogP contribution in [0.25, 0.3) is 10.2 Å². The van der Waals surface area contributed by atoms with Crippen molar-refractivity contribution in [1.82, 2.24) is 19.9 Å². The Hall–Kier alpha value is -2.74. The van der Waals surface area contributed by atoms with Gasteiger partial charge in [-0.2, -0.15) is 0 Å². The van der Waals surface area contributed by atoms with Crippen LogP contribution >= 0.6 is 11.3 Å². The zero-order valence-corrected chi connectivity index (χ0v) is 13.1. The van der Waals surface area contributed by atoms with Crippen molar-refractivity contribution in [2.45, 2.75) is 12.6 Å². The van der Waals surface area contributed by atoms with E-state index >= 15 is 0 Å². The number of imidazole rings is 1. The van der Waals surface area contributed by atoms with Gasteiger partial charge in [0.2, 0.25) is 0 Å². The Morgan fingerprint density at radius 1 is 1.39 bits per heavy atom. The third-order valence-corrected chi connectivity index (χ3v) is 4.27. The molecule has 1 N–H and O–H groups in total. The summed E-state index contributed by atoms with van der Waals surface area (Å²) in [5, 5.41) is 2.98. The number of esters is 1. The van der Waals surface area contributed by atoms with Crippen LogP contribution in [0.15, 0.2) is 43.0 Å². The van der Waals surface area contributed by atoms with E-state index in [-0.39, 0.29) is 6.54 Å². The largest absolute Gasteiger partial charge is 0.467 e. The molecule has 118 valence electrons. The molecule has 23 heavy (non-hydrogen) atoms. The molecule has 1 aromatic carbocycles. The molecular formula is C15H14N4O3S. The van der Waals surface area contributed by atoms with Crippen molar-refractivity contribution in [3.63, 3.8) is 0 Å². The molecule has 0 spiro atoms. The molecule has 0 saturated heterocycles. The minimum atomic E-state index is -0.811. The highest BCUT2D eigenvalue weighted by molar-refractivity contribution is 7.20. The average molecular weight is 330 g/mol. The number of rotatable bonds is 5. The van der Waals surface area contributed by atoms with Crippen LogP contribution in [0, 0.1) is 0 Å². The van der Waals surface area contributed by atoms with Crippen molar-refractivity contribution in [1.29, 1.82) is 0 Å². The summed E-state index contributed by atoms with van der Waals surface area (Å²) in [5.41, 5.74) is 0.756. The third kappa shape index (κ3) is 3.37. The maximum Gasteiger partial charge on any atom is 0.330 e. The second-order valence-electron chi connectivity index (χ2n) is 4.80. The first kappa shape index (κ1) is 15.2. The number of hydrogen-bond donors (Lipinski definition) is 1. The standard InChI is InChI=1S/C15H14N4O3S/c1-22-15(21)11(8-19-7-6-16-9-19)17-13(20)14-18-10-4-2-3-5-12(10)23-14/h2-7,9,11H,8H2,1H3,(H,17,20)/t11-/m0/s1. The van der Waals surface area contributed by atoms with Crippen molar-refractivity contribution >= 4 is 33.4 Å². The summed E-state index contributed by atoms with van der Waals surface area (Å²) in [6.45, 7) is 0.239. The summed E-state index contributed by atoms with van der Waals surface area (Å²) in [4.78, 5) is 32.5. The molecule has 0 radical (unpaired) electrons. The van der Waals surface area contributed by atoms with Gasteiger partial charge < -0.3 is 14.6 Å². The van der Waals surface area contributed by atoms with Crippen molar-refractivity contribution in [3.05, 3.63) is 48.0 Å². The van der Waals surface area contributed by atoms with Gasteiger partial charge in [0.05, 0.1) is 30.2 Å². The Kier molecular flexibility index (Phi) is 4.33. The fourth-order valence-corrected chi connectivity index (χ4v) is 2.99. The number of carbonyl (C=O) groups excluding carboxylic acids is 2. The van der Waals surface area contributed by atoms with E-state index in [1.807, 2.05) is 24.3 Å². The molecule has 0 aliphatic heterocycles. The molecule has 1 amide bonds. The smallest absolute Gasteiger partial charge is 0.330 e. The van der Waals surface area contributed by atoms with Gasteiger partial charge in [0.15, 0.2) is 5.01 Å². The SMILES string of the molecule is COC(=O)[C@H](Cn1ccnc1)NC(=O)c1nc2ccccc2s1. The summed E-state index contributed by atoms with van der Waals surface area (Å²) in [7, 11) is 1.28. The summed E-state index contributed by atoms with van der Waals surface area (Å²) in [6.07, 6.45) is 4.88. The van der Waals surface area contributed by atoms with Crippen LogP contribution < -0.4 is 5.32 Å². The zero-order valence-electron chi connectivity index (χ0n) is 12.3. The van der Waals surface area contributed by atoms with Crippen LogP contribution in [0.1, 0.15) is 9.80 Å². The van der Waals surface area contributed by atoms with Gasteiger partial charge >= 0.3 is 5.97 Å². The number of benzene rings is 1. The Bertz CT molecular complexity index is 795. The minimum Gasteiger partial charge on any atom is -0.467 e. The maximum atomic E-state index is 12.4. The molecule has 0 unspecified atom stereocenters. The van der Waals surface area contributed by atoms with Crippen molar-refractivity contribution in [2.24, 2.45) is 0 Å². The number of carbonyl (C=O) groups is 2. The van der Waals surface area contributed by atoms with Gasteiger partial charge in [0.1, 0.15) is 6.04 Å². The van der Waals surface area contributed by atoms with Crippen LogP contribution in [0.2, 0.25) is 0 Å². The molecule has 0 aliphatic carbocycles. The van der Waals surface area contributed by atoms with E-state index < -0.39 is 17.9 Å². The number of ether oxygens (including phenoxy) is 1. The molecule has 2 heterocycles. The normalized spacial score (nSPS) is 12.0. The molecule has 3 rings (SSSR count). The molecule has 0 aliphatic rings. The van der Waals surface area contributed by atoms with E-state index in [2.05, 4.69) is 15.3 Å². The van der Waals surface area contributed by atoms with E-state index in [1.54, 1.807) is 23.3 Å². The predicted molar refractivity (Wildman–Crippen MR) is 85.1 cm³/mol. The number of para-hydroxylation sites is 1. The molecule has 3 aromatic rings. The number of amides is 1. The second kappa shape index (κ2) is 6.57. The lowest BCUT2D eigenvalue weighted by atomic mass is 10.3. The number of methoxy groups -OCH3 is 1. The Labute approximate surface area is 135 Å². The van der Waals surface area contributed by atoms with Crippen LogP contribution in [0.5, 0.6) is 0 Å². The molecule has 7 nitrogen and oxygen atoms in total. The molecule has 0 fully saturated rings. The topological polar surface area (TPSA) is 86.1 Å². The second-order valence-corrected chi connectivity index (χ2v) is 5.83. The van der Waals surface area contributed by atoms with Crippen LogP contribution in [0.3, 0.4) is 0 Å². The fourth-order valence-electron chi connectivity index (χ4n) is 2.12. The highest BCUT2D eigenvalue weighted by Crippen LogP contribution is 2.21. The summed E-state index contributed by atoms with van der Waals surface area (Å²) >= 11 is 1.28. The van der Waals surface area contributed by atoms with Gasteiger partial charge in [-0.1, -0.05) is 12.1 Å². The maximum absolute atomic E-state index is 12.4. The molecule has 0 bridgehead atoms. The van der Waals surface area contributed by atoms with E-state index in [0.717, 1.165) is 10.2 Å². The molecule has 2 aromatic heterocycles. The van der Waals surface area contributed by atoms with E-state index in [9.17, 15) is 9.59 Å². The van der Waals surface area contributed by atoms with Crippen LogP contribution in [-0.4, -0.2) is 39.6 Å². The van der Waals surface area contributed by atoms with Gasteiger partial charge in [-0.3, -0.25) is 4.79 Å². The molecular weight excluding hydrogens is 316 g/mol. The van der Waals surface area contributed by atoms with Gasteiger partial charge in [-0.15, -0.1) is 11.3 Å². The highest BCUT2D eigenvalue weighted by atomic mass is 32.1. The number of aromatic nitrogens is 3. The number of hydrogen-bond acceptors (Lipinski definition) is 6. The van der Waals surface area contributed by atoms with Crippen molar-refractivity contribution < 1.29 is 14.3 Å². The molecule has 1 atom stereocenters. The molecule has 0 saturated carbocycles.